The smallest absolute Gasteiger partial charge is 0.231 e. The molecule has 2 aromatic rings. The Morgan fingerprint density at radius 2 is 2.33 bits per heavy atom. The van der Waals surface area contributed by atoms with Crippen molar-refractivity contribution >= 4 is 22.6 Å². The Kier molecular flexibility index (Phi) is 2.38. The molecule has 0 unspecified atom stereocenters. The molecule has 0 atom stereocenters. The molecule has 0 bridgehead atoms. The number of hydrogen-bond acceptors (Lipinski definition) is 3. The number of nitrogens with two attached hydrogens (primary N) is 1. The van der Waals surface area contributed by atoms with E-state index >= 15 is 0 Å². The second kappa shape index (κ2) is 3.81. The Labute approximate surface area is 105 Å². The summed E-state index contributed by atoms with van der Waals surface area (Å²) >= 11 is 0. The van der Waals surface area contributed by atoms with Crippen molar-refractivity contribution in [3.8, 4) is 0 Å². The number of H-pyrrole nitrogens is 1. The fourth-order valence-corrected chi connectivity index (χ4v) is 2.15. The predicted molar refractivity (Wildman–Crippen MR) is 70.2 cm³/mol. The number of rotatable bonds is 3. The number of aromatic nitrogens is 2. The molecule has 1 fully saturated rings. The lowest BCUT2D eigenvalue weighted by atomic mass is 10.1. The summed E-state index contributed by atoms with van der Waals surface area (Å²) in [6, 6.07) is 5.67. The van der Waals surface area contributed by atoms with E-state index in [9.17, 15) is 4.79 Å². The lowest BCUT2D eigenvalue weighted by molar-refractivity contribution is -0.120. The van der Waals surface area contributed by atoms with Gasteiger partial charge in [-0.25, -0.2) is 4.98 Å². The number of aryl methyl sites for hydroxylation is 1. The molecule has 1 aromatic heterocycles. The fraction of sp³-hybridized carbons (Fsp3) is 0.385. The molecule has 5 heteroatoms. The van der Waals surface area contributed by atoms with Crippen LogP contribution in [0.3, 0.4) is 0 Å². The average molecular weight is 244 g/mol. The van der Waals surface area contributed by atoms with Gasteiger partial charge in [0.15, 0.2) is 0 Å². The van der Waals surface area contributed by atoms with Crippen LogP contribution in [0, 0.1) is 12.3 Å². The third-order valence-electron chi connectivity index (χ3n) is 3.58. The van der Waals surface area contributed by atoms with Crippen molar-refractivity contribution in [1.82, 2.24) is 9.97 Å². The van der Waals surface area contributed by atoms with Gasteiger partial charge in [0.25, 0.3) is 0 Å². The molecule has 1 amide bonds. The van der Waals surface area contributed by atoms with Crippen LogP contribution in [0.15, 0.2) is 18.2 Å². The van der Waals surface area contributed by atoms with Gasteiger partial charge in [-0.15, -0.1) is 0 Å². The SMILES string of the molecule is Cc1nc2ccc(NC(=O)C3(CN)CC3)cc2[nH]1. The number of hydrogen-bond donors (Lipinski definition) is 3. The molecule has 0 saturated heterocycles. The van der Waals surface area contributed by atoms with E-state index < -0.39 is 0 Å². The Morgan fingerprint density at radius 1 is 1.56 bits per heavy atom. The van der Waals surface area contributed by atoms with E-state index in [2.05, 4.69) is 15.3 Å². The van der Waals surface area contributed by atoms with Crippen LogP contribution >= 0.6 is 0 Å². The number of carbonyl (C=O) groups excluding carboxylic acids is 1. The monoisotopic (exact) mass is 244 g/mol. The van der Waals surface area contributed by atoms with E-state index in [0.717, 1.165) is 35.4 Å². The van der Waals surface area contributed by atoms with Gasteiger partial charge in [-0.2, -0.15) is 0 Å². The van der Waals surface area contributed by atoms with Gasteiger partial charge in [0.2, 0.25) is 5.91 Å². The van der Waals surface area contributed by atoms with Gasteiger partial charge in [-0.3, -0.25) is 4.79 Å². The standard InChI is InChI=1S/C13H16N4O/c1-8-15-10-3-2-9(6-11(10)16-8)17-12(18)13(7-14)4-5-13/h2-3,6H,4-5,7,14H2,1H3,(H,15,16)(H,17,18). The number of anilines is 1. The molecule has 94 valence electrons. The molecule has 3 rings (SSSR count). The maximum atomic E-state index is 12.1. The molecular weight excluding hydrogens is 228 g/mol. The summed E-state index contributed by atoms with van der Waals surface area (Å²) in [5.74, 6) is 0.898. The highest BCUT2D eigenvalue weighted by Crippen LogP contribution is 2.45. The first-order valence-corrected chi connectivity index (χ1v) is 6.11. The molecule has 1 aromatic carbocycles. The maximum absolute atomic E-state index is 12.1. The molecule has 1 heterocycles. The van der Waals surface area contributed by atoms with Crippen molar-refractivity contribution < 1.29 is 4.79 Å². The van der Waals surface area contributed by atoms with Gasteiger partial charge in [-0.1, -0.05) is 0 Å². The minimum Gasteiger partial charge on any atom is -0.342 e. The summed E-state index contributed by atoms with van der Waals surface area (Å²) in [7, 11) is 0. The fourth-order valence-electron chi connectivity index (χ4n) is 2.15. The molecule has 18 heavy (non-hydrogen) atoms. The first-order chi connectivity index (χ1) is 8.63. The Morgan fingerprint density at radius 3 is 3.00 bits per heavy atom. The van der Waals surface area contributed by atoms with Gasteiger partial charge in [0.1, 0.15) is 5.82 Å². The van der Waals surface area contributed by atoms with E-state index in [0.29, 0.717) is 6.54 Å². The van der Waals surface area contributed by atoms with Crippen LogP contribution in [0.2, 0.25) is 0 Å². The van der Waals surface area contributed by atoms with E-state index in [1.54, 1.807) is 0 Å². The van der Waals surface area contributed by atoms with Crippen molar-refractivity contribution in [2.24, 2.45) is 11.1 Å². The molecule has 4 N–H and O–H groups in total. The average Bonchev–Trinajstić information content (AvgIpc) is 3.06. The highest BCUT2D eigenvalue weighted by Gasteiger charge is 2.48. The van der Waals surface area contributed by atoms with Crippen molar-refractivity contribution in [3.63, 3.8) is 0 Å². The largest absolute Gasteiger partial charge is 0.342 e. The number of amides is 1. The first kappa shape index (κ1) is 11.2. The highest BCUT2D eigenvalue weighted by molar-refractivity contribution is 5.98. The molecular formula is C13H16N4O. The van der Waals surface area contributed by atoms with Crippen LogP contribution in [0.1, 0.15) is 18.7 Å². The summed E-state index contributed by atoms with van der Waals surface area (Å²) in [6.45, 7) is 2.33. The van der Waals surface area contributed by atoms with E-state index in [-0.39, 0.29) is 11.3 Å². The van der Waals surface area contributed by atoms with E-state index in [4.69, 9.17) is 5.73 Å². The number of nitrogens with zero attached hydrogens (tertiary/aromatic N) is 1. The van der Waals surface area contributed by atoms with Crippen LogP contribution < -0.4 is 11.1 Å². The third kappa shape index (κ3) is 1.76. The van der Waals surface area contributed by atoms with Gasteiger partial charge < -0.3 is 16.0 Å². The highest BCUT2D eigenvalue weighted by atomic mass is 16.2. The van der Waals surface area contributed by atoms with Crippen molar-refractivity contribution in [3.05, 3.63) is 24.0 Å². The number of aromatic amines is 1. The summed E-state index contributed by atoms with van der Waals surface area (Å²) in [4.78, 5) is 19.5. The summed E-state index contributed by atoms with van der Waals surface area (Å²) < 4.78 is 0. The summed E-state index contributed by atoms with van der Waals surface area (Å²) in [5.41, 5.74) is 7.95. The molecule has 0 radical (unpaired) electrons. The van der Waals surface area contributed by atoms with Gasteiger partial charge in [0.05, 0.1) is 16.4 Å². The van der Waals surface area contributed by atoms with Gasteiger partial charge >= 0.3 is 0 Å². The lowest BCUT2D eigenvalue weighted by Crippen LogP contribution is -2.30. The minimum absolute atomic E-state index is 0.0283. The van der Waals surface area contributed by atoms with Crippen LogP contribution in [0.4, 0.5) is 5.69 Å². The molecule has 0 spiro atoms. The molecule has 1 saturated carbocycles. The van der Waals surface area contributed by atoms with Crippen molar-refractivity contribution in [1.29, 1.82) is 0 Å². The zero-order valence-corrected chi connectivity index (χ0v) is 10.3. The normalized spacial score (nSPS) is 16.8. The Bertz CT molecular complexity index is 612. The van der Waals surface area contributed by atoms with Crippen LogP contribution in [0.5, 0.6) is 0 Å². The number of imidazole rings is 1. The predicted octanol–water partition coefficient (Wildman–Crippen LogP) is 1.55. The van der Waals surface area contributed by atoms with E-state index in [1.807, 2.05) is 25.1 Å². The molecule has 1 aliphatic rings. The number of carbonyl (C=O) groups is 1. The number of nitrogens with one attached hydrogen (secondary N) is 2. The molecule has 5 nitrogen and oxygen atoms in total. The quantitative estimate of drug-likeness (QED) is 0.766. The minimum atomic E-state index is -0.321. The number of benzene rings is 1. The third-order valence-corrected chi connectivity index (χ3v) is 3.58. The molecule has 1 aliphatic carbocycles. The topological polar surface area (TPSA) is 83.8 Å². The van der Waals surface area contributed by atoms with Crippen LogP contribution in [-0.2, 0) is 4.79 Å². The van der Waals surface area contributed by atoms with Gasteiger partial charge in [0, 0.05) is 12.2 Å². The van der Waals surface area contributed by atoms with Crippen molar-refractivity contribution in [2.45, 2.75) is 19.8 Å². The van der Waals surface area contributed by atoms with Crippen LogP contribution in [0.25, 0.3) is 11.0 Å². The summed E-state index contributed by atoms with van der Waals surface area (Å²) in [5, 5.41) is 2.93. The van der Waals surface area contributed by atoms with Crippen molar-refractivity contribution in [2.75, 3.05) is 11.9 Å². The second-order valence-corrected chi connectivity index (χ2v) is 4.99. The lowest BCUT2D eigenvalue weighted by Gasteiger charge is -2.12. The maximum Gasteiger partial charge on any atom is 0.231 e. The zero-order valence-electron chi connectivity index (χ0n) is 10.3. The van der Waals surface area contributed by atoms with Gasteiger partial charge in [-0.05, 0) is 38.0 Å². The zero-order chi connectivity index (χ0) is 12.8. The Hall–Kier alpha value is -1.88. The number of fused-ring (bicyclic) bond motifs is 1. The molecule has 0 aliphatic heterocycles. The Balaban J connectivity index is 1.84. The van der Waals surface area contributed by atoms with E-state index in [1.165, 1.54) is 0 Å². The summed E-state index contributed by atoms with van der Waals surface area (Å²) in [6.07, 6.45) is 1.78. The first-order valence-electron chi connectivity index (χ1n) is 6.11. The van der Waals surface area contributed by atoms with Crippen LogP contribution in [-0.4, -0.2) is 22.4 Å². The second-order valence-electron chi connectivity index (χ2n) is 4.99.